The zero-order valence-electron chi connectivity index (χ0n) is 9.53. The first-order chi connectivity index (χ1) is 8.25. The fourth-order valence-corrected chi connectivity index (χ4v) is 2.25. The van der Waals surface area contributed by atoms with E-state index in [0.717, 1.165) is 41.3 Å². The van der Waals surface area contributed by atoms with E-state index in [0.29, 0.717) is 6.54 Å². The third kappa shape index (κ3) is 1.65. The summed E-state index contributed by atoms with van der Waals surface area (Å²) in [4.78, 5) is 13.6. The van der Waals surface area contributed by atoms with E-state index in [1.807, 2.05) is 0 Å². The zero-order chi connectivity index (χ0) is 11.8. The first-order valence-corrected chi connectivity index (χ1v) is 5.80. The molecule has 2 heterocycles. The second kappa shape index (κ2) is 3.80. The second-order valence-corrected chi connectivity index (χ2v) is 4.32. The van der Waals surface area contributed by atoms with Crippen LogP contribution >= 0.6 is 0 Å². The number of nitrogens with one attached hydrogen (secondary N) is 1. The number of rotatable bonds is 1. The summed E-state index contributed by atoms with van der Waals surface area (Å²) < 4.78 is 5.48. The number of hydrogen-bond donors (Lipinski definition) is 1. The van der Waals surface area contributed by atoms with Gasteiger partial charge in [-0.25, -0.2) is 4.79 Å². The van der Waals surface area contributed by atoms with E-state index >= 15 is 0 Å². The number of amides is 2. The molecule has 0 atom stereocenters. The molecule has 0 unspecified atom stereocenters. The van der Waals surface area contributed by atoms with E-state index in [1.54, 1.807) is 11.2 Å². The Morgan fingerprint density at radius 3 is 3.00 bits per heavy atom. The number of urea groups is 1. The molecule has 2 amide bonds. The lowest BCUT2D eigenvalue weighted by Gasteiger charge is -2.27. The van der Waals surface area contributed by atoms with Gasteiger partial charge in [0.05, 0.1) is 5.69 Å². The highest BCUT2D eigenvalue weighted by Gasteiger charge is 2.23. The largest absolute Gasteiger partial charge is 0.462 e. The molecule has 2 aliphatic rings. The minimum atomic E-state index is -0.121. The lowest BCUT2D eigenvalue weighted by molar-refractivity contribution is 0.246. The molecule has 1 saturated heterocycles. The highest BCUT2D eigenvalue weighted by Crippen LogP contribution is 2.15. The van der Waals surface area contributed by atoms with E-state index < -0.39 is 0 Å². The smallest absolute Gasteiger partial charge is 0.326 e. The SMILES string of the molecule is C=C1CCN(c2coc3c2=CCCC=3)C(=O)N1. The molecular weight excluding hydrogens is 216 g/mol. The molecule has 17 heavy (non-hydrogen) atoms. The van der Waals surface area contributed by atoms with Gasteiger partial charge in [0.15, 0.2) is 0 Å². The summed E-state index contributed by atoms with van der Waals surface area (Å²) >= 11 is 0. The van der Waals surface area contributed by atoms with Crippen molar-refractivity contribution in [2.75, 3.05) is 11.4 Å². The van der Waals surface area contributed by atoms with Crippen molar-refractivity contribution >= 4 is 23.9 Å². The molecule has 0 bridgehead atoms. The summed E-state index contributed by atoms with van der Waals surface area (Å²) in [5.74, 6) is 0. The fourth-order valence-electron chi connectivity index (χ4n) is 2.25. The van der Waals surface area contributed by atoms with Crippen LogP contribution in [-0.2, 0) is 0 Å². The molecule has 0 aromatic carbocycles. The van der Waals surface area contributed by atoms with Crippen molar-refractivity contribution in [3.05, 3.63) is 29.2 Å². The van der Waals surface area contributed by atoms with Crippen LogP contribution in [0.2, 0.25) is 0 Å². The van der Waals surface area contributed by atoms with Gasteiger partial charge in [-0.2, -0.15) is 0 Å². The Balaban J connectivity index is 2.03. The summed E-state index contributed by atoms with van der Waals surface area (Å²) in [6, 6.07) is -0.121. The van der Waals surface area contributed by atoms with Gasteiger partial charge in [-0.05, 0) is 18.9 Å². The second-order valence-electron chi connectivity index (χ2n) is 4.32. The monoisotopic (exact) mass is 230 g/mol. The van der Waals surface area contributed by atoms with E-state index in [9.17, 15) is 4.79 Å². The Bertz CT molecular complexity index is 597. The van der Waals surface area contributed by atoms with E-state index in [1.165, 1.54) is 0 Å². The van der Waals surface area contributed by atoms with Crippen LogP contribution in [-0.4, -0.2) is 12.6 Å². The summed E-state index contributed by atoms with van der Waals surface area (Å²) in [6.07, 6.45) is 8.64. The maximum absolute atomic E-state index is 11.9. The highest BCUT2D eigenvalue weighted by atomic mass is 16.3. The van der Waals surface area contributed by atoms with Gasteiger partial charge in [0.25, 0.3) is 0 Å². The molecule has 3 rings (SSSR count). The normalized spacial score (nSPS) is 19.2. The number of carbonyl (C=O) groups is 1. The summed E-state index contributed by atoms with van der Waals surface area (Å²) in [5.41, 5.74) is 2.52. The molecule has 0 radical (unpaired) electrons. The molecule has 4 nitrogen and oxygen atoms in total. The van der Waals surface area contributed by atoms with Crippen molar-refractivity contribution in [1.29, 1.82) is 0 Å². The maximum Gasteiger partial charge on any atom is 0.326 e. The summed E-state index contributed by atoms with van der Waals surface area (Å²) in [7, 11) is 0. The molecule has 1 aromatic rings. The maximum atomic E-state index is 11.9. The summed E-state index contributed by atoms with van der Waals surface area (Å²) in [5, 5.41) is 3.79. The van der Waals surface area contributed by atoms with Gasteiger partial charge in [0.2, 0.25) is 0 Å². The van der Waals surface area contributed by atoms with Gasteiger partial charge in [0.1, 0.15) is 11.7 Å². The number of furan rings is 1. The van der Waals surface area contributed by atoms with Crippen molar-refractivity contribution in [1.82, 2.24) is 5.32 Å². The molecule has 1 aliphatic heterocycles. The standard InChI is InChI=1S/C13H14N2O2/c1-9-6-7-15(13(16)14-9)11-8-17-12-5-3-2-4-10(11)12/h4-5,8H,1-3,6-7H2,(H,14,16). The molecule has 1 aliphatic carbocycles. The van der Waals surface area contributed by atoms with Gasteiger partial charge >= 0.3 is 6.03 Å². The molecule has 0 saturated carbocycles. The van der Waals surface area contributed by atoms with Crippen LogP contribution in [0.3, 0.4) is 0 Å². The molecule has 4 heteroatoms. The number of carbonyl (C=O) groups excluding carboxylic acids is 1. The Morgan fingerprint density at radius 2 is 2.18 bits per heavy atom. The average Bonchev–Trinajstić information content (AvgIpc) is 2.73. The topological polar surface area (TPSA) is 45.5 Å². The lowest BCUT2D eigenvalue weighted by atomic mass is 10.1. The molecule has 88 valence electrons. The minimum Gasteiger partial charge on any atom is -0.462 e. The molecule has 1 fully saturated rings. The third-order valence-electron chi connectivity index (χ3n) is 3.14. The number of anilines is 1. The Hall–Kier alpha value is -1.97. The van der Waals surface area contributed by atoms with Crippen molar-refractivity contribution in [3.63, 3.8) is 0 Å². The van der Waals surface area contributed by atoms with Crippen LogP contribution in [0.25, 0.3) is 12.2 Å². The van der Waals surface area contributed by atoms with Crippen molar-refractivity contribution in [2.24, 2.45) is 0 Å². The first kappa shape index (κ1) is 10.2. The van der Waals surface area contributed by atoms with Gasteiger partial charge in [-0.1, -0.05) is 12.7 Å². The lowest BCUT2D eigenvalue weighted by Crippen LogP contribution is -2.47. The highest BCUT2D eigenvalue weighted by molar-refractivity contribution is 5.94. The third-order valence-corrected chi connectivity index (χ3v) is 3.14. The minimum absolute atomic E-state index is 0.121. The molecule has 1 N–H and O–H groups in total. The Morgan fingerprint density at radius 1 is 1.35 bits per heavy atom. The number of fused-ring (bicyclic) bond motifs is 1. The van der Waals surface area contributed by atoms with Crippen LogP contribution < -0.4 is 20.9 Å². The van der Waals surface area contributed by atoms with Crippen molar-refractivity contribution in [3.8, 4) is 0 Å². The summed E-state index contributed by atoms with van der Waals surface area (Å²) in [6.45, 7) is 4.43. The Kier molecular flexibility index (Phi) is 2.28. The van der Waals surface area contributed by atoms with Crippen LogP contribution in [0, 0.1) is 0 Å². The van der Waals surface area contributed by atoms with E-state index in [2.05, 4.69) is 24.0 Å². The van der Waals surface area contributed by atoms with E-state index in [-0.39, 0.29) is 6.03 Å². The van der Waals surface area contributed by atoms with Crippen molar-refractivity contribution < 1.29 is 9.21 Å². The van der Waals surface area contributed by atoms with Gasteiger partial charge in [-0.15, -0.1) is 0 Å². The van der Waals surface area contributed by atoms with Crippen LogP contribution in [0.4, 0.5) is 10.5 Å². The van der Waals surface area contributed by atoms with Gasteiger partial charge < -0.3 is 9.73 Å². The van der Waals surface area contributed by atoms with Gasteiger partial charge in [0, 0.05) is 23.9 Å². The van der Waals surface area contributed by atoms with Crippen LogP contribution in [0.5, 0.6) is 0 Å². The first-order valence-electron chi connectivity index (χ1n) is 5.80. The number of nitrogens with zero attached hydrogens (tertiary/aromatic N) is 1. The van der Waals surface area contributed by atoms with Gasteiger partial charge in [-0.3, -0.25) is 4.90 Å². The van der Waals surface area contributed by atoms with Crippen molar-refractivity contribution in [2.45, 2.75) is 19.3 Å². The van der Waals surface area contributed by atoms with E-state index in [4.69, 9.17) is 4.42 Å². The molecule has 0 spiro atoms. The fraction of sp³-hybridized carbons (Fsp3) is 0.308. The predicted molar refractivity (Wildman–Crippen MR) is 65.8 cm³/mol. The van der Waals surface area contributed by atoms with Crippen LogP contribution in [0.15, 0.2) is 23.0 Å². The molecular formula is C13H14N2O2. The van der Waals surface area contributed by atoms with Crippen LogP contribution in [0.1, 0.15) is 19.3 Å². The predicted octanol–water partition coefficient (Wildman–Crippen LogP) is 1.07. The zero-order valence-corrected chi connectivity index (χ0v) is 9.53. The number of hydrogen-bond acceptors (Lipinski definition) is 2. The Labute approximate surface area is 98.9 Å². The molecule has 1 aromatic heterocycles. The average molecular weight is 230 g/mol. The quantitative estimate of drug-likeness (QED) is 0.784.